The molecule has 80 valence electrons. The maximum atomic E-state index is 10.6. The van der Waals surface area contributed by atoms with Gasteiger partial charge in [-0.1, -0.05) is 0 Å². The van der Waals surface area contributed by atoms with E-state index in [1.54, 1.807) is 18.3 Å². The van der Waals surface area contributed by atoms with Crippen LogP contribution in [-0.4, -0.2) is 32.1 Å². The molecule has 2 aromatic heterocycles. The third-order valence-corrected chi connectivity index (χ3v) is 1.96. The number of carboxylic acid groups (broad SMARTS) is 1. The fourth-order valence-corrected chi connectivity index (χ4v) is 1.19. The summed E-state index contributed by atoms with van der Waals surface area (Å²) in [6.45, 7) is 0. The average Bonchev–Trinajstić information content (AvgIpc) is 2.77. The summed E-state index contributed by atoms with van der Waals surface area (Å²) in [4.78, 5) is 24.7. The second-order valence-electron chi connectivity index (χ2n) is 3.01. The van der Waals surface area contributed by atoms with Crippen LogP contribution in [-0.2, 0) is 0 Å². The number of aldehydes is 1. The van der Waals surface area contributed by atoms with Crippen molar-refractivity contribution in [2.24, 2.45) is 0 Å². The van der Waals surface area contributed by atoms with Crippen molar-refractivity contribution in [1.29, 1.82) is 0 Å². The first-order valence-electron chi connectivity index (χ1n) is 4.41. The number of carboxylic acids is 1. The molecule has 2 heterocycles. The van der Waals surface area contributed by atoms with Gasteiger partial charge in [0.05, 0.1) is 11.9 Å². The van der Waals surface area contributed by atoms with Gasteiger partial charge in [-0.15, -0.1) is 0 Å². The van der Waals surface area contributed by atoms with Gasteiger partial charge in [0.25, 0.3) is 0 Å². The molecule has 0 aromatic carbocycles. The number of aromatic nitrogens is 3. The summed E-state index contributed by atoms with van der Waals surface area (Å²) in [5.41, 5.74) is 0.868. The Kier molecular flexibility index (Phi) is 2.47. The van der Waals surface area contributed by atoms with E-state index in [9.17, 15) is 9.59 Å². The molecule has 0 bridgehead atoms. The predicted molar refractivity (Wildman–Crippen MR) is 53.7 cm³/mol. The summed E-state index contributed by atoms with van der Waals surface area (Å²) in [5, 5.41) is 12.6. The van der Waals surface area contributed by atoms with Crippen molar-refractivity contribution in [3.05, 3.63) is 42.0 Å². The number of carbonyl (C=O) groups is 2. The van der Waals surface area contributed by atoms with Crippen LogP contribution in [0.1, 0.15) is 21.0 Å². The van der Waals surface area contributed by atoms with E-state index in [-0.39, 0.29) is 5.69 Å². The van der Waals surface area contributed by atoms with Gasteiger partial charge in [0.15, 0.2) is 6.29 Å². The number of carbonyl (C=O) groups excluding carboxylic acids is 1. The van der Waals surface area contributed by atoms with Crippen LogP contribution in [0.15, 0.2) is 30.6 Å². The minimum Gasteiger partial charge on any atom is -0.477 e. The first kappa shape index (κ1) is 10.0. The van der Waals surface area contributed by atoms with Gasteiger partial charge in [-0.25, -0.2) is 14.5 Å². The Labute approximate surface area is 90.2 Å². The average molecular weight is 217 g/mol. The van der Waals surface area contributed by atoms with Crippen LogP contribution >= 0.6 is 0 Å². The van der Waals surface area contributed by atoms with Crippen LogP contribution in [0, 0.1) is 0 Å². The smallest absolute Gasteiger partial charge is 0.354 e. The third-order valence-electron chi connectivity index (χ3n) is 1.96. The van der Waals surface area contributed by atoms with E-state index in [0.29, 0.717) is 17.7 Å². The zero-order valence-corrected chi connectivity index (χ0v) is 8.07. The summed E-state index contributed by atoms with van der Waals surface area (Å²) in [5.74, 6) is -1.08. The Bertz CT molecular complexity index is 530. The minimum atomic E-state index is -1.08. The largest absolute Gasteiger partial charge is 0.477 e. The highest BCUT2D eigenvalue weighted by atomic mass is 16.4. The van der Waals surface area contributed by atoms with Crippen LogP contribution in [0.2, 0.25) is 0 Å². The molecule has 0 radical (unpaired) electrons. The third kappa shape index (κ3) is 1.81. The number of aromatic carboxylic acids is 1. The van der Waals surface area contributed by atoms with E-state index in [4.69, 9.17) is 5.11 Å². The molecule has 6 heteroatoms. The summed E-state index contributed by atoms with van der Waals surface area (Å²) < 4.78 is 1.45. The van der Waals surface area contributed by atoms with Gasteiger partial charge in [0.2, 0.25) is 0 Å². The van der Waals surface area contributed by atoms with Crippen LogP contribution in [0.25, 0.3) is 5.69 Å². The van der Waals surface area contributed by atoms with E-state index < -0.39 is 5.97 Å². The molecule has 0 saturated heterocycles. The molecule has 6 nitrogen and oxygen atoms in total. The Morgan fingerprint density at radius 3 is 2.69 bits per heavy atom. The van der Waals surface area contributed by atoms with Gasteiger partial charge in [-0.05, 0) is 18.2 Å². The molecule has 0 spiro atoms. The predicted octanol–water partition coefficient (Wildman–Crippen LogP) is 0.778. The molecule has 0 aliphatic carbocycles. The van der Waals surface area contributed by atoms with Crippen LogP contribution in [0.4, 0.5) is 0 Å². The SMILES string of the molecule is O=Cc1ccn(-c2ccc(C(=O)O)nc2)n1. The standard InChI is InChI=1S/C10H7N3O3/c14-6-7-3-4-13(12-7)8-1-2-9(10(15)16)11-5-8/h1-6H,(H,15,16). The van der Waals surface area contributed by atoms with E-state index in [2.05, 4.69) is 10.1 Å². The molecule has 0 aliphatic rings. The monoisotopic (exact) mass is 217 g/mol. The molecule has 0 saturated carbocycles. The molecule has 2 rings (SSSR count). The molecular weight excluding hydrogens is 210 g/mol. The summed E-state index contributed by atoms with van der Waals surface area (Å²) in [7, 11) is 0. The Morgan fingerprint density at radius 1 is 1.38 bits per heavy atom. The number of rotatable bonds is 3. The number of nitrogens with zero attached hydrogens (tertiary/aromatic N) is 3. The lowest BCUT2D eigenvalue weighted by Crippen LogP contribution is -2.02. The molecular formula is C10H7N3O3. The van der Waals surface area contributed by atoms with Crippen molar-refractivity contribution in [1.82, 2.24) is 14.8 Å². The zero-order valence-electron chi connectivity index (χ0n) is 8.07. The number of hydrogen-bond acceptors (Lipinski definition) is 4. The lowest BCUT2D eigenvalue weighted by atomic mass is 10.3. The molecule has 0 atom stereocenters. The van der Waals surface area contributed by atoms with Gasteiger partial charge >= 0.3 is 5.97 Å². The van der Waals surface area contributed by atoms with Crippen molar-refractivity contribution < 1.29 is 14.7 Å². The highest BCUT2D eigenvalue weighted by Crippen LogP contribution is 2.06. The fourth-order valence-electron chi connectivity index (χ4n) is 1.19. The van der Waals surface area contributed by atoms with Crippen molar-refractivity contribution in [3.8, 4) is 5.69 Å². The Hall–Kier alpha value is -2.50. The maximum Gasteiger partial charge on any atom is 0.354 e. The van der Waals surface area contributed by atoms with E-state index in [0.717, 1.165) is 0 Å². The van der Waals surface area contributed by atoms with Gasteiger partial charge < -0.3 is 5.11 Å². The molecule has 0 amide bonds. The van der Waals surface area contributed by atoms with Crippen molar-refractivity contribution in [2.75, 3.05) is 0 Å². The van der Waals surface area contributed by atoms with E-state index in [1.165, 1.54) is 16.9 Å². The topological polar surface area (TPSA) is 85.1 Å². The lowest BCUT2D eigenvalue weighted by Gasteiger charge is -2.00. The van der Waals surface area contributed by atoms with Gasteiger partial charge in [0, 0.05) is 6.20 Å². The second-order valence-corrected chi connectivity index (χ2v) is 3.01. The van der Waals surface area contributed by atoms with Gasteiger partial charge in [0.1, 0.15) is 11.4 Å². The number of hydrogen-bond donors (Lipinski definition) is 1. The fraction of sp³-hybridized carbons (Fsp3) is 0. The van der Waals surface area contributed by atoms with Crippen LogP contribution < -0.4 is 0 Å². The van der Waals surface area contributed by atoms with Crippen molar-refractivity contribution in [2.45, 2.75) is 0 Å². The summed E-state index contributed by atoms with van der Waals surface area (Å²) in [6.07, 6.45) is 3.61. The van der Waals surface area contributed by atoms with Crippen LogP contribution in [0.5, 0.6) is 0 Å². The summed E-state index contributed by atoms with van der Waals surface area (Å²) in [6, 6.07) is 4.50. The maximum absolute atomic E-state index is 10.6. The van der Waals surface area contributed by atoms with Gasteiger partial charge in [-0.2, -0.15) is 5.10 Å². The highest BCUT2D eigenvalue weighted by molar-refractivity contribution is 5.85. The first-order valence-corrected chi connectivity index (χ1v) is 4.41. The first-order chi connectivity index (χ1) is 7.70. The molecule has 2 aromatic rings. The molecule has 0 aliphatic heterocycles. The zero-order chi connectivity index (χ0) is 11.5. The second kappa shape index (κ2) is 3.93. The van der Waals surface area contributed by atoms with E-state index >= 15 is 0 Å². The minimum absolute atomic E-state index is 0.0356. The van der Waals surface area contributed by atoms with Crippen molar-refractivity contribution in [3.63, 3.8) is 0 Å². The van der Waals surface area contributed by atoms with Gasteiger partial charge in [-0.3, -0.25) is 4.79 Å². The van der Waals surface area contributed by atoms with Crippen LogP contribution in [0.3, 0.4) is 0 Å². The Balaban J connectivity index is 2.34. The Morgan fingerprint density at radius 2 is 2.19 bits per heavy atom. The van der Waals surface area contributed by atoms with E-state index in [1.807, 2.05) is 0 Å². The summed E-state index contributed by atoms with van der Waals surface area (Å²) >= 11 is 0. The highest BCUT2D eigenvalue weighted by Gasteiger charge is 2.05. The molecule has 16 heavy (non-hydrogen) atoms. The quantitative estimate of drug-likeness (QED) is 0.768. The molecule has 0 unspecified atom stereocenters. The number of pyridine rings is 1. The normalized spacial score (nSPS) is 10.0. The molecule has 1 N–H and O–H groups in total. The molecule has 0 fully saturated rings. The lowest BCUT2D eigenvalue weighted by molar-refractivity contribution is 0.0690. The van der Waals surface area contributed by atoms with Crippen molar-refractivity contribution >= 4 is 12.3 Å².